The maximum absolute atomic E-state index is 12.5. The number of benzene rings is 1. The van der Waals surface area contributed by atoms with Gasteiger partial charge in [-0.25, -0.2) is 9.59 Å². The van der Waals surface area contributed by atoms with Crippen LogP contribution in [0.25, 0.3) is 11.0 Å². The normalized spacial score (nSPS) is 23.9. The highest BCUT2D eigenvalue weighted by Gasteiger charge is 2.50. The zero-order valence-electron chi connectivity index (χ0n) is 15.0. The van der Waals surface area contributed by atoms with Gasteiger partial charge in [-0.15, -0.1) is 0 Å². The third-order valence-corrected chi connectivity index (χ3v) is 6.37. The largest absolute Gasteiger partial charge is 0.462 e. The Labute approximate surface area is 146 Å². The van der Waals surface area contributed by atoms with Gasteiger partial charge in [-0.1, -0.05) is 31.6 Å². The Hall–Kier alpha value is -2.30. The highest BCUT2D eigenvalue weighted by Crippen LogP contribution is 2.59. The second kappa shape index (κ2) is 5.61. The van der Waals surface area contributed by atoms with E-state index in [4.69, 9.17) is 4.74 Å². The number of aromatic amines is 1. The van der Waals surface area contributed by atoms with Gasteiger partial charge < -0.3 is 9.72 Å². The lowest BCUT2D eigenvalue weighted by Crippen LogP contribution is -2.48. The highest BCUT2D eigenvalue weighted by molar-refractivity contribution is 6.01. The molecule has 5 rings (SSSR count). The van der Waals surface area contributed by atoms with Gasteiger partial charge in [0, 0.05) is 13.5 Å². The number of carbonyl (C=O) groups excluding carboxylic acids is 1. The van der Waals surface area contributed by atoms with Crippen molar-refractivity contribution in [3.05, 3.63) is 45.9 Å². The molecule has 0 radical (unpaired) electrons. The number of hydrogen-bond acceptors (Lipinski definition) is 3. The number of fused-ring (bicyclic) bond motifs is 2. The first-order chi connectivity index (χ1) is 11.9. The van der Waals surface area contributed by atoms with E-state index in [1.54, 1.807) is 19.2 Å². The lowest BCUT2D eigenvalue weighted by molar-refractivity contribution is -0.0103. The Morgan fingerprint density at radius 1 is 1.40 bits per heavy atom. The van der Waals surface area contributed by atoms with Crippen LogP contribution >= 0.6 is 0 Å². The quantitative estimate of drug-likeness (QED) is 0.685. The van der Waals surface area contributed by atoms with Gasteiger partial charge >= 0.3 is 11.7 Å². The monoisotopic (exact) mass is 340 g/mol. The van der Waals surface area contributed by atoms with Crippen LogP contribution in [0, 0.1) is 17.3 Å². The van der Waals surface area contributed by atoms with E-state index < -0.39 is 0 Å². The summed E-state index contributed by atoms with van der Waals surface area (Å²) in [7, 11) is 1.68. The van der Waals surface area contributed by atoms with Crippen molar-refractivity contribution in [2.45, 2.75) is 33.1 Å². The van der Waals surface area contributed by atoms with Crippen molar-refractivity contribution in [1.82, 2.24) is 9.55 Å². The molecule has 1 N–H and O–H groups in total. The number of rotatable bonds is 4. The molecule has 3 aliphatic rings. The summed E-state index contributed by atoms with van der Waals surface area (Å²) in [6.45, 7) is 5.07. The van der Waals surface area contributed by atoms with Gasteiger partial charge in [-0.05, 0) is 42.2 Å². The molecule has 0 spiro atoms. The fourth-order valence-electron chi connectivity index (χ4n) is 4.52. The third kappa shape index (κ3) is 2.44. The molecule has 1 aromatic carbocycles. The number of nitrogens with one attached hydrogen (secondary N) is 1. The molecule has 5 nitrogen and oxygen atoms in total. The number of hydrogen-bond donors (Lipinski definition) is 1. The number of imidazole rings is 1. The second-order valence-corrected chi connectivity index (χ2v) is 7.90. The molecule has 5 heteroatoms. The van der Waals surface area contributed by atoms with Crippen LogP contribution in [0.2, 0.25) is 0 Å². The van der Waals surface area contributed by atoms with Crippen LogP contribution in [0.5, 0.6) is 0 Å². The predicted molar refractivity (Wildman–Crippen MR) is 96.5 cm³/mol. The summed E-state index contributed by atoms with van der Waals surface area (Å²) in [6, 6.07) is 5.28. The van der Waals surface area contributed by atoms with Crippen LogP contribution in [0.15, 0.2) is 34.6 Å². The van der Waals surface area contributed by atoms with E-state index in [0.29, 0.717) is 34.5 Å². The van der Waals surface area contributed by atoms with E-state index in [2.05, 4.69) is 24.9 Å². The molecule has 2 aromatic rings. The van der Waals surface area contributed by atoms with Gasteiger partial charge in [-0.3, -0.25) is 4.57 Å². The molecule has 0 saturated heterocycles. The highest BCUT2D eigenvalue weighted by atomic mass is 16.5. The summed E-state index contributed by atoms with van der Waals surface area (Å²) in [5.74, 6) is 1.07. The second-order valence-electron chi connectivity index (χ2n) is 7.90. The van der Waals surface area contributed by atoms with Crippen molar-refractivity contribution in [1.29, 1.82) is 0 Å². The number of allylic oxidation sites excluding steroid dienone is 1. The summed E-state index contributed by atoms with van der Waals surface area (Å²) in [4.78, 5) is 27.0. The fourth-order valence-corrected chi connectivity index (χ4v) is 4.52. The van der Waals surface area contributed by atoms with E-state index in [1.807, 2.05) is 6.07 Å². The van der Waals surface area contributed by atoms with Crippen molar-refractivity contribution in [3.63, 3.8) is 0 Å². The lowest BCUT2D eigenvalue weighted by atomic mass is 9.48. The molecule has 0 aliphatic heterocycles. The zero-order chi connectivity index (χ0) is 17.8. The zero-order valence-corrected chi connectivity index (χ0v) is 15.0. The SMILES string of the molecule is Cn1c(=O)[nH]c2c(C(=O)OCCC3=CC[C@H]4C[C@@H]3C4(C)C)cccc21. The van der Waals surface area contributed by atoms with Crippen LogP contribution in [-0.4, -0.2) is 22.1 Å². The molecule has 2 bridgehead atoms. The minimum absolute atomic E-state index is 0.232. The van der Waals surface area contributed by atoms with Gasteiger partial charge in [0.05, 0.1) is 23.2 Å². The standard InChI is InChI=1S/C20H24N2O3/c1-20(2)13-8-7-12(15(20)11-13)9-10-25-18(23)14-5-4-6-16-17(14)21-19(24)22(16)3/h4-7,13,15H,8-11H2,1-3H3,(H,21,24)/t13-,15-/m0/s1. The number of nitrogens with zero attached hydrogens (tertiary/aromatic N) is 1. The summed E-state index contributed by atoms with van der Waals surface area (Å²) < 4.78 is 7.00. The summed E-state index contributed by atoms with van der Waals surface area (Å²) >= 11 is 0. The first kappa shape index (κ1) is 16.2. The lowest BCUT2D eigenvalue weighted by Gasteiger charge is -2.56. The van der Waals surface area contributed by atoms with E-state index in [-0.39, 0.29) is 11.7 Å². The number of H-pyrrole nitrogens is 1. The van der Waals surface area contributed by atoms with Crippen molar-refractivity contribution < 1.29 is 9.53 Å². The molecule has 1 fully saturated rings. The van der Waals surface area contributed by atoms with Gasteiger partial charge in [0.15, 0.2) is 0 Å². The Kier molecular flexibility index (Phi) is 3.63. The molecular weight excluding hydrogens is 316 g/mol. The predicted octanol–water partition coefficient (Wildman–Crippen LogP) is 3.41. The average molecular weight is 340 g/mol. The maximum Gasteiger partial charge on any atom is 0.340 e. The van der Waals surface area contributed by atoms with Crippen molar-refractivity contribution in [2.24, 2.45) is 24.3 Å². The molecule has 25 heavy (non-hydrogen) atoms. The van der Waals surface area contributed by atoms with E-state index in [9.17, 15) is 9.59 Å². The van der Waals surface area contributed by atoms with Gasteiger partial charge in [0.25, 0.3) is 0 Å². The van der Waals surface area contributed by atoms with Crippen LogP contribution < -0.4 is 5.69 Å². The molecule has 132 valence electrons. The van der Waals surface area contributed by atoms with Crippen LogP contribution in [0.1, 0.15) is 43.5 Å². The number of esters is 1. The Morgan fingerprint density at radius 2 is 2.20 bits per heavy atom. The van der Waals surface area contributed by atoms with Gasteiger partial charge in [0.1, 0.15) is 0 Å². The Morgan fingerprint density at radius 3 is 2.92 bits per heavy atom. The van der Waals surface area contributed by atoms with Crippen molar-refractivity contribution >= 4 is 17.0 Å². The maximum atomic E-state index is 12.5. The van der Waals surface area contributed by atoms with E-state index >= 15 is 0 Å². The van der Waals surface area contributed by atoms with Crippen LogP contribution in [-0.2, 0) is 11.8 Å². The van der Waals surface area contributed by atoms with Crippen LogP contribution in [0.4, 0.5) is 0 Å². The van der Waals surface area contributed by atoms with Gasteiger partial charge in [0.2, 0.25) is 0 Å². The molecule has 3 aliphatic carbocycles. The molecule has 1 saturated carbocycles. The molecule has 0 amide bonds. The number of para-hydroxylation sites is 1. The smallest absolute Gasteiger partial charge is 0.340 e. The molecular formula is C20H24N2O3. The summed E-state index contributed by atoms with van der Waals surface area (Å²) in [5, 5.41) is 0. The van der Waals surface area contributed by atoms with Crippen molar-refractivity contribution in [3.8, 4) is 0 Å². The third-order valence-electron chi connectivity index (χ3n) is 6.37. The molecule has 1 heterocycles. The minimum atomic E-state index is -0.380. The average Bonchev–Trinajstić information content (AvgIpc) is 2.89. The summed E-state index contributed by atoms with van der Waals surface area (Å²) in [5.41, 5.74) is 3.26. The Balaban J connectivity index is 1.44. The minimum Gasteiger partial charge on any atom is -0.462 e. The first-order valence-electron chi connectivity index (χ1n) is 8.93. The number of aromatic nitrogens is 2. The molecule has 1 aromatic heterocycles. The summed E-state index contributed by atoms with van der Waals surface area (Å²) in [6.07, 6.45) is 5.57. The van der Waals surface area contributed by atoms with E-state index in [1.165, 1.54) is 16.6 Å². The Bertz CT molecular complexity index is 932. The first-order valence-corrected chi connectivity index (χ1v) is 8.93. The number of ether oxygens (including phenoxy) is 1. The molecule has 2 atom stereocenters. The number of aryl methyl sites for hydroxylation is 1. The molecule has 0 unspecified atom stereocenters. The van der Waals surface area contributed by atoms with Crippen LogP contribution in [0.3, 0.4) is 0 Å². The topological polar surface area (TPSA) is 64.1 Å². The fraction of sp³-hybridized carbons (Fsp3) is 0.500. The van der Waals surface area contributed by atoms with Gasteiger partial charge in [-0.2, -0.15) is 0 Å². The van der Waals surface area contributed by atoms with Crippen molar-refractivity contribution in [2.75, 3.05) is 6.61 Å². The van der Waals surface area contributed by atoms with E-state index in [0.717, 1.165) is 18.8 Å². The number of carbonyl (C=O) groups is 1.